The van der Waals surface area contributed by atoms with Gasteiger partial charge in [-0.05, 0) is 47.8 Å². The Hall–Kier alpha value is -0.980. The van der Waals surface area contributed by atoms with Gasteiger partial charge in [-0.25, -0.2) is 0 Å². The molecule has 0 radical (unpaired) electrons. The molecule has 0 heterocycles. The van der Waals surface area contributed by atoms with Gasteiger partial charge in [-0.15, -0.1) is 0 Å². The van der Waals surface area contributed by atoms with Gasteiger partial charge in [-0.3, -0.25) is 0 Å². The standard InChI is InChI=1S/C22H39N/c1-8-10-15-23(16-11-9-2)20-14-12-13-19(17-20)22(6,7)18-21(3,4)5/h12-14,17H,8-11,15-16,18H2,1-7H3. The second-order valence-corrected chi connectivity index (χ2v) is 8.87. The van der Waals surface area contributed by atoms with Crippen LogP contribution in [0.25, 0.3) is 0 Å². The van der Waals surface area contributed by atoms with Crippen LogP contribution in [-0.4, -0.2) is 13.1 Å². The summed E-state index contributed by atoms with van der Waals surface area (Å²) >= 11 is 0. The van der Waals surface area contributed by atoms with E-state index in [4.69, 9.17) is 0 Å². The maximum Gasteiger partial charge on any atom is 0.0369 e. The van der Waals surface area contributed by atoms with E-state index in [-0.39, 0.29) is 5.41 Å². The van der Waals surface area contributed by atoms with Crippen LogP contribution in [0.5, 0.6) is 0 Å². The molecule has 0 atom stereocenters. The second-order valence-electron chi connectivity index (χ2n) is 8.87. The molecule has 132 valence electrons. The number of benzene rings is 1. The minimum atomic E-state index is 0.218. The second kappa shape index (κ2) is 8.76. The SMILES string of the molecule is CCCCN(CCCC)c1cccc(C(C)(C)CC(C)(C)C)c1. The van der Waals surface area contributed by atoms with E-state index in [1.165, 1.54) is 56.4 Å². The minimum absolute atomic E-state index is 0.218. The van der Waals surface area contributed by atoms with Gasteiger partial charge in [-0.2, -0.15) is 0 Å². The highest BCUT2D eigenvalue weighted by Gasteiger charge is 2.27. The van der Waals surface area contributed by atoms with Gasteiger partial charge in [0.05, 0.1) is 0 Å². The maximum absolute atomic E-state index is 2.59. The van der Waals surface area contributed by atoms with E-state index in [1.807, 2.05) is 0 Å². The highest BCUT2D eigenvalue weighted by Crippen LogP contribution is 2.37. The molecule has 0 aliphatic rings. The van der Waals surface area contributed by atoms with Crippen LogP contribution in [0.3, 0.4) is 0 Å². The fraction of sp³-hybridized carbons (Fsp3) is 0.727. The normalized spacial score (nSPS) is 12.5. The third kappa shape index (κ3) is 6.97. The van der Waals surface area contributed by atoms with Crippen LogP contribution in [-0.2, 0) is 5.41 Å². The van der Waals surface area contributed by atoms with Gasteiger partial charge in [0.1, 0.15) is 0 Å². The average molecular weight is 318 g/mol. The lowest BCUT2D eigenvalue weighted by atomic mass is 9.72. The molecule has 0 aliphatic carbocycles. The van der Waals surface area contributed by atoms with E-state index in [0.717, 1.165) is 0 Å². The van der Waals surface area contributed by atoms with Crippen LogP contribution in [0.4, 0.5) is 5.69 Å². The fourth-order valence-corrected chi connectivity index (χ4v) is 3.62. The van der Waals surface area contributed by atoms with Gasteiger partial charge in [0.25, 0.3) is 0 Å². The number of nitrogens with zero attached hydrogens (tertiary/aromatic N) is 1. The van der Waals surface area contributed by atoms with Crippen LogP contribution in [0.2, 0.25) is 0 Å². The maximum atomic E-state index is 2.59. The minimum Gasteiger partial charge on any atom is -0.372 e. The summed E-state index contributed by atoms with van der Waals surface area (Å²) in [5, 5.41) is 0. The zero-order chi connectivity index (χ0) is 17.5. The van der Waals surface area contributed by atoms with Crippen molar-refractivity contribution in [3.63, 3.8) is 0 Å². The van der Waals surface area contributed by atoms with Crippen molar-refractivity contribution in [1.82, 2.24) is 0 Å². The summed E-state index contributed by atoms with van der Waals surface area (Å²) in [5.41, 5.74) is 3.45. The molecule has 1 nitrogen and oxygen atoms in total. The number of rotatable bonds is 9. The first-order valence-corrected chi connectivity index (χ1v) is 9.55. The summed E-state index contributed by atoms with van der Waals surface area (Å²) in [6, 6.07) is 9.30. The van der Waals surface area contributed by atoms with Crippen molar-refractivity contribution >= 4 is 5.69 Å². The van der Waals surface area contributed by atoms with Gasteiger partial charge in [0, 0.05) is 18.8 Å². The highest BCUT2D eigenvalue weighted by atomic mass is 15.1. The van der Waals surface area contributed by atoms with Crippen LogP contribution >= 0.6 is 0 Å². The van der Waals surface area contributed by atoms with E-state index in [0.29, 0.717) is 5.41 Å². The molecular formula is C22H39N. The lowest BCUT2D eigenvalue weighted by molar-refractivity contribution is 0.284. The number of unbranched alkanes of at least 4 members (excludes halogenated alkanes) is 2. The Morgan fingerprint density at radius 3 is 1.91 bits per heavy atom. The molecule has 0 fully saturated rings. The molecule has 0 bridgehead atoms. The first-order chi connectivity index (χ1) is 10.7. The molecule has 1 aromatic carbocycles. The molecule has 1 aromatic rings. The number of hydrogen-bond acceptors (Lipinski definition) is 1. The van der Waals surface area contributed by atoms with E-state index in [2.05, 4.69) is 77.6 Å². The van der Waals surface area contributed by atoms with E-state index < -0.39 is 0 Å². The summed E-state index contributed by atoms with van der Waals surface area (Å²) in [6.07, 6.45) is 6.28. The van der Waals surface area contributed by atoms with Crippen molar-refractivity contribution in [1.29, 1.82) is 0 Å². The van der Waals surface area contributed by atoms with Crippen molar-refractivity contribution in [2.45, 2.75) is 86.0 Å². The topological polar surface area (TPSA) is 3.24 Å². The Labute approximate surface area is 145 Å². The summed E-state index contributed by atoms with van der Waals surface area (Å²) in [5.74, 6) is 0. The summed E-state index contributed by atoms with van der Waals surface area (Å²) in [4.78, 5) is 2.59. The molecule has 23 heavy (non-hydrogen) atoms. The van der Waals surface area contributed by atoms with Gasteiger partial charge >= 0.3 is 0 Å². The Balaban J connectivity index is 2.99. The monoisotopic (exact) mass is 317 g/mol. The Morgan fingerprint density at radius 1 is 0.870 bits per heavy atom. The van der Waals surface area contributed by atoms with Crippen LogP contribution in [0.15, 0.2) is 24.3 Å². The number of anilines is 1. The molecule has 0 aromatic heterocycles. The van der Waals surface area contributed by atoms with Crippen molar-refractivity contribution < 1.29 is 0 Å². The van der Waals surface area contributed by atoms with Crippen molar-refractivity contribution in [2.75, 3.05) is 18.0 Å². The van der Waals surface area contributed by atoms with Gasteiger partial charge in [-0.1, -0.05) is 73.4 Å². The van der Waals surface area contributed by atoms with Gasteiger partial charge in [0.15, 0.2) is 0 Å². The highest BCUT2D eigenvalue weighted by molar-refractivity contribution is 5.50. The van der Waals surface area contributed by atoms with Crippen molar-refractivity contribution in [3.8, 4) is 0 Å². The third-order valence-corrected chi connectivity index (χ3v) is 4.53. The van der Waals surface area contributed by atoms with Crippen molar-refractivity contribution in [2.24, 2.45) is 5.41 Å². The molecule has 0 unspecified atom stereocenters. The van der Waals surface area contributed by atoms with Crippen LogP contribution in [0.1, 0.15) is 86.1 Å². The number of hydrogen-bond donors (Lipinski definition) is 0. The van der Waals surface area contributed by atoms with Crippen molar-refractivity contribution in [3.05, 3.63) is 29.8 Å². The molecule has 0 saturated carbocycles. The van der Waals surface area contributed by atoms with E-state index >= 15 is 0 Å². The molecular weight excluding hydrogens is 278 g/mol. The molecule has 0 saturated heterocycles. The zero-order valence-electron chi connectivity index (χ0n) is 16.7. The average Bonchev–Trinajstić information content (AvgIpc) is 2.45. The van der Waals surface area contributed by atoms with Gasteiger partial charge in [0.2, 0.25) is 0 Å². The molecule has 0 amide bonds. The lowest BCUT2D eigenvalue weighted by Gasteiger charge is -2.34. The van der Waals surface area contributed by atoms with Crippen LogP contribution in [0, 0.1) is 5.41 Å². The third-order valence-electron chi connectivity index (χ3n) is 4.53. The summed E-state index contributed by atoms with van der Waals surface area (Å²) in [6.45, 7) is 18.7. The Morgan fingerprint density at radius 2 is 1.43 bits per heavy atom. The molecule has 1 heteroatoms. The summed E-state index contributed by atoms with van der Waals surface area (Å²) in [7, 11) is 0. The Bertz CT molecular complexity index is 445. The molecule has 0 spiro atoms. The predicted octanol–water partition coefficient (Wildman–Crippen LogP) is 6.81. The fourth-order valence-electron chi connectivity index (χ4n) is 3.62. The van der Waals surface area contributed by atoms with Gasteiger partial charge < -0.3 is 4.90 Å². The van der Waals surface area contributed by atoms with E-state index in [1.54, 1.807) is 0 Å². The first-order valence-electron chi connectivity index (χ1n) is 9.55. The van der Waals surface area contributed by atoms with E-state index in [9.17, 15) is 0 Å². The molecule has 1 rings (SSSR count). The largest absolute Gasteiger partial charge is 0.372 e. The summed E-state index contributed by atoms with van der Waals surface area (Å²) < 4.78 is 0. The smallest absolute Gasteiger partial charge is 0.0369 e. The lowest BCUT2D eigenvalue weighted by Crippen LogP contribution is -2.27. The first kappa shape index (κ1) is 20.1. The Kier molecular flexibility index (Phi) is 7.64. The zero-order valence-corrected chi connectivity index (χ0v) is 16.7. The molecule has 0 aliphatic heterocycles. The van der Waals surface area contributed by atoms with Crippen LogP contribution < -0.4 is 4.90 Å². The predicted molar refractivity (Wildman–Crippen MR) is 106 cm³/mol. The quantitative estimate of drug-likeness (QED) is 0.483. The molecule has 0 N–H and O–H groups in total.